The van der Waals surface area contributed by atoms with Gasteiger partial charge in [0.05, 0.1) is 5.69 Å². The number of piperidine rings is 1. The number of nitrogens with zero attached hydrogens (tertiary/aromatic N) is 3. The van der Waals surface area contributed by atoms with Crippen LogP contribution < -0.4 is 4.90 Å². The molecule has 0 bridgehead atoms. The number of benzene rings is 1. The molecule has 2 aromatic rings. The maximum Gasteiger partial charge on any atom is 0.144 e. The van der Waals surface area contributed by atoms with E-state index in [2.05, 4.69) is 54.5 Å². The lowest BCUT2D eigenvalue weighted by Crippen LogP contribution is -2.54. The fourth-order valence-corrected chi connectivity index (χ4v) is 4.00. The molecule has 0 radical (unpaired) electrons. The Labute approximate surface area is 120 Å². The SMILES string of the molecule is Cc1nc2n(c1C)C1(C)CCCCN1c1ccccc1-2. The monoisotopic (exact) mass is 267 g/mol. The highest BCUT2D eigenvalue weighted by Gasteiger charge is 2.43. The molecule has 2 aliphatic heterocycles. The molecule has 0 spiro atoms. The van der Waals surface area contributed by atoms with E-state index in [4.69, 9.17) is 4.98 Å². The smallest absolute Gasteiger partial charge is 0.144 e. The Morgan fingerprint density at radius 2 is 1.95 bits per heavy atom. The van der Waals surface area contributed by atoms with Gasteiger partial charge in [0.15, 0.2) is 0 Å². The Hall–Kier alpha value is -1.77. The molecule has 0 N–H and O–H groups in total. The van der Waals surface area contributed by atoms with Crippen LogP contribution in [0.3, 0.4) is 0 Å². The molecular weight excluding hydrogens is 246 g/mol. The molecule has 2 aliphatic rings. The average Bonchev–Trinajstić information content (AvgIpc) is 2.76. The molecule has 4 rings (SSSR count). The Morgan fingerprint density at radius 1 is 1.15 bits per heavy atom. The summed E-state index contributed by atoms with van der Waals surface area (Å²) in [6, 6.07) is 8.73. The van der Waals surface area contributed by atoms with Crippen molar-refractivity contribution in [3.8, 4) is 11.4 Å². The molecule has 1 aromatic heterocycles. The third-order valence-electron chi connectivity index (χ3n) is 5.13. The Morgan fingerprint density at radius 3 is 2.80 bits per heavy atom. The van der Waals surface area contributed by atoms with Gasteiger partial charge < -0.3 is 9.47 Å². The molecule has 0 saturated carbocycles. The highest BCUT2D eigenvalue weighted by molar-refractivity contribution is 5.78. The lowest BCUT2D eigenvalue weighted by atomic mass is 9.91. The number of rotatable bonds is 0. The molecule has 1 saturated heterocycles. The predicted molar refractivity (Wildman–Crippen MR) is 82.0 cm³/mol. The summed E-state index contributed by atoms with van der Waals surface area (Å²) < 4.78 is 2.48. The van der Waals surface area contributed by atoms with Crippen LogP contribution in [0.2, 0.25) is 0 Å². The van der Waals surface area contributed by atoms with E-state index in [1.54, 1.807) is 0 Å². The Bertz CT molecular complexity index is 686. The molecule has 104 valence electrons. The van der Waals surface area contributed by atoms with E-state index in [0.717, 1.165) is 18.1 Å². The van der Waals surface area contributed by atoms with Gasteiger partial charge in [0.25, 0.3) is 0 Å². The first-order chi connectivity index (χ1) is 9.63. The van der Waals surface area contributed by atoms with Crippen LogP contribution >= 0.6 is 0 Å². The van der Waals surface area contributed by atoms with Crippen molar-refractivity contribution < 1.29 is 0 Å². The highest BCUT2D eigenvalue weighted by Crippen LogP contribution is 2.47. The van der Waals surface area contributed by atoms with Crippen LogP contribution in [0.1, 0.15) is 37.6 Å². The summed E-state index contributed by atoms with van der Waals surface area (Å²) in [7, 11) is 0. The zero-order valence-corrected chi connectivity index (χ0v) is 12.5. The lowest BCUT2D eigenvalue weighted by Gasteiger charge is -2.51. The third kappa shape index (κ3) is 1.33. The van der Waals surface area contributed by atoms with Gasteiger partial charge in [0.1, 0.15) is 11.5 Å². The molecule has 1 unspecified atom stereocenters. The van der Waals surface area contributed by atoms with Gasteiger partial charge in [-0.15, -0.1) is 0 Å². The number of hydrogen-bond donors (Lipinski definition) is 0. The zero-order chi connectivity index (χ0) is 13.9. The molecular formula is C17H21N3. The minimum absolute atomic E-state index is 0.0489. The van der Waals surface area contributed by atoms with Crippen LogP contribution in [0.25, 0.3) is 11.4 Å². The molecule has 1 aromatic carbocycles. The van der Waals surface area contributed by atoms with Gasteiger partial charge in [-0.05, 0) is 52.2 Å². The number of fused-ring (bicyclic) bond motifs is 6. The first-order valence-corrected chi connectivity index (χ1v) is 7.56. The van der Waals surface area contributed by atoms with Gasteiger partial charge in [-0.2, -0.15) is 0 Å². The van der Waals surface area contributed by atoms with Crippen molar-refractivity contribution in [2.24, 2.45) is 0 Å². The van der Waals surface area contributed by atoms with Crippen molar-refractivity contribution in [2.75, 3.05) is 11.4 Å². The maximum absolute atomic E-state index is 4.86. The van der Waals surface area contributed by atoms with Gasteiger partial charge >= 0.3 is 0 Å². The quantitative estimate of drug-likeness (QED) is 0.723. The van der Waals surface area contributed by atoms with Crippen LogP contribution in [0.4, 0.5) is 5.69 Å². The average molecular weight is 267 g/mol. The summed E-state index contributed by atoms with van der Waals surface area (Å²) >= 11 is 0. The molecule has 3 nitrogen and oxygen atoms in total. The van der Waals surface area contributed by atoms with E-state index >= 15 is 0 Å². The summed E-state index contributed by atoms with van der Waals surface area (Å²) in [6.45, 7) is 7.85. The van der Waals surface area contributed by atoms with Crippen LogP contribution in [-0.2, 0) is 5.66 Å². The van der Waals surface area contributed by atoms with Crippen LogP contribution in [-0.4, -0.2) is 16.1 Å². The van der Waals surface area contributed by atoms with Gasteiger partial charge in [0.2, 0.25) is 0 Å². The van der Waals surface area contributed by atoms with Gasteiger partial charge in [-0.25, -0.2) is 4.98 Å². The predicted octanol–water partition coefficient (Wildman–Crippen LogP) is 3.84. The minimum Gasteiger partial charge on any atom is -0.348 e. The number of aryl methyl sites for hydroxylation is 1. The van der Waals surface area contributed by atoms with Crippen LogP contribution in [0.15, 0.2) is 24.3 Å². The standard InChI is InChI=1S/C17H21N3/c1-12-13(2)20-16(18-12)14-8-4-5-9-15(14)19-11-7-6-10-17(19,20)3/h4-5,8-9H,6-7,10-11H2,1-3H3. The maximum atomic E-state index is 4.86. The molecule has 0 aliphatic carbocycles. The number of hydrogen-bond acceptors (Lipinski definition) is 2. The van der Waals surface area contributed by atoms with Crippen LogP contribution in [0.5, 0.6) is 0 Å². The topological polar surface area (TPSA) is 21.1 Å². The first kappa shape index (κ1) is 12.0. The number of anilines is 1. The van der Waals surface area contributed by atoms with E-state index in [0.29, 0.717) is 0 Å². The second-order valence-electron chi connectivity index (χ2n) is 6.28. The van der Waals surface area contributed by atoms with E-state index in [1.165, 1.54) is 36.2 Å². The first-order valence-electron chi connectivity index (χ1n) is 7.56. The Balaban J connectivity index is 2.07. The zero-order valence-electron chi connectivity index (χ0n) is 12.5. The normalized spacial score (nSPS) is 24.1. The summed E-state index contributed by atoms with van der Waals surface area (Å²) in [4.78, 5) is 7.45. The van der Waals surface area contributed by atoms with Crippen molar-refractivity contribution in [1.82, 2.24) is 9.55 Å². The number of para-hydroxylation sites is 1. The molecule has 0 amide bonds. The van der Waals surface area contributed by atoms with Crippen molar-refractivity contribution >= 4 is 5.69 Å². The molecule has 3 heteroatoms. The van der Waals surface area contributed by atoms with Crippen molar-refractivity contribution in [2.45, 2.75) is 45.7 Å². The van der Waals surface area contributed by atoms with E-state index in [1.807, 2.05) is 0 Å². The van der Waals surface area contributed by atoms with E-state index in [9.17, 15) is 0 Å². The minimum atomic E-state index is 0.0489. The number of imidazole rings is 1. The molecule has 1 atom stereocenters. The third-order valence-corrected chi connectivity index (χ3v) is 5.13. The summed E-state index contributed by atoms with van der Waals surface area (Å²) in [6.07, 6.45) is 3.78. The second kappa shape index (κ2) is 3.87. The van der Waals surface area contributed by atoms with E-state index < -0.39 is 0 Å². The van der Waals surface area contributed by atoms with Gasteiger partial charge in [-0.3, -0.25) is 0 Å². The largest absolute Gasteiger partial charge is 0.348 e. The number of aromatic nitrogens is 2. The molecule has 1 fully saturated rings. The molecule has 20 heavy (non-hydrogen) atoms. The second-order valence-corrected chi connectivity index (χ2v) is 6.28. The van der Waals surface area contributed by atoms with Crippen molar-refractivity contribution in [3.05, 3.63) is 35.7 Å². The Kier molecular flexibility index (Phi) is 2.33. The highest BCUT2D eigenvalue weighted by atomic mass is 15.4. The van der Waals surface area contributed by atoms with Crippen molar-refractivity contribution in [3.63, 3.8) is 0 Å². The summed E-state index contributed by atoms with van der Waals surface area (Å²) in [5.74, 6) is 1.15. The lowest BCUT2D eigenvalue weighted by molar-refractivity contribution is 0.229. The van der Waals surface area contributed by atoms with Gasteiger partial charge in [0, 0.05) is 23.5 Å². The van der Waals surface area contributed by atoms with Gasteiger partial charge in [-0.1, -0.05) is 12.1 Å². The molecule has 3 heterocycles. The fraction of sp³-hybridized carbons (Fsp3) is 0.471. The summed E-state index contributed by atoms with van der Waals surface area (Å²) in [5.41, 5.74) is 5.15. The van der Waals surface area contributed by atoms with E-state index in [-0.39, 0.29) is 5.66 Å². The van der Waals surface area contributed by atoms with Crippen LogP contribution in [0, 0.1) is 13.8 Å². The van der Waals surface area contributed by atoms with Crippen molar-refractivity contribution in [1.29, 1.82) is 0 Å². The summed E-state index contributed by atoms with van der Waals surface area (Å²) in [5, 5.41) is 0. The fourth-order valence-electron chi connectivity index (χ4n) is 4.00.